The summed E-state index contributed by atoms with van der Waals surface area (Å²) in [4.78, 5) is 16.7. The molecule has 0 aliphatic carbocycles. The third kappa shape index (κ3) is 2.25. The van der Waals surface area contributed by atoms with Crippen LogP contribution in [0.15, 0.2) is 43.0 Å². The van der Waals surface area contributed by atoms with Crippen molar-refractivity contribution in [2.45, 2.75) is 12.8 Å². The highest BCUT2D eigenvalue weighted by molar-refractivity contribution is 6.08. The van der Waals surface area contributed by atoms with Crippen LogP contribution in [0.4, 0.5) is 0 Å². The Kier molecular flexibility index (Phi) is 3.14. The number of aromatic nitrogens is 3. The lowest BCUT2D eigenvalue weighted by molar-refractivity contribution is 0.0984. The first-order chi connectivity index (χ1) is 9.65. The van der Waals surface area contributed by atoms with E-state index in [4.69, 9.17) is 0 Å². The number of carbonyl (C=O) groups excluding carboxylic acids is 1. The Bertz CT molecular complexity index is 767. The van der Waals surface area contributed by atoms with Gasteiger partial charge in [0.05, 0.1) is 12.0 Å². The monoisotopic (exact) mass is 267 g/mol. The molecule has 0 saturated carbocycles. The number of rotatable bonds is 4. The van der Waals surface area contributed by atoms with Gasteiger partial charge < -0.3 is 9.13 Å². The molecule has 0 bridgehead atoms. The van der Waals surface area contributed by atoms with Crippen LogP contribution in [-0.2, 0) is 20.5 Å². The zero-order chi connectivity index (χ0) is 14.1. The Morgan fingerprint density at radius 3 is 2.75 bits per heavy atom. The molecule has 0 radical (unpaired) electrons. The molecule has 3 rings (SSSR count). The molecule has 0 fully saturated rings. The Balaban J connectivity index is 1.82. The van der Waals surface area contributed by atoms with E-state index in [2.05, 4.69) is 4.98 Å². The van der Waals surface area contributed by atoms with E-state index in [9.17, 15) is 4.79 Å². The van der Waals surface area contributed by atoms with Crippen LogP contribution >= 0.6 is 0 Å². The second-order valence-electron chi connectivity index (χ2n) is 5.12. The molecule has 2 aromatic heterocycles. The van der Waals surface area contributed by atoms with Crippen molar-refractivity contribution in [1.29, 1.82) is 0 Å². The minimum atomic E-state index is 0.174. The second-order valence-corrected chi connectivity index (χ2v) is 5.12. The third-order valence-electron chi connectivity index (χ3n) is 3.56. The average Bonchev–Trinajstić information content (AvgIpc) is 3.01. The van der Waals surface area contributed by atoms with Crippen molar-refractivity contribution in [2.75, 3.05) is 0 Å². The highest BCUT2D eigenvalue weighted by atomic mass is 16.1. The minimum absolute atomic E-state index is 0.174. The molecule has 0 spiro atoms. The van der Waals surface area contributed by atoms with Gasteiger partial charge in [0.15, 0.2) is 5.78 Å². The largest absolute Gasteiger partial charge is 0.350 e. The summed E-state index contributed by atoms with van der Waals surface area (Å²) in [5, 5.41) is 1.03. The summed E-state index contributed by atoms with van der Waals surface area (Å²) < 4.78 is 3.90. The van der Waals surface area contributed by atoms with E-state index in [-0.39, 0.29) is 5.78 Å². The Morgan fingerprint density at radius 1 is 1.20 bits per heavy atom. The number of carbonyl (C=O) groups is 1. The van der Waals surface area contributed by atoms with Gasteiger partial charge in [-0.2, -0.15) is 0 Å². The van der Waals surface area contributed by atoms with Crippen LogP contribution in [0.25, 0.3) is 10.9 Å². The van der Waals surface area contributed by atoms with Crippen molar-refractivity contribution in [3.8, 4) is 0 Å². The molecule has 20 heavy (non-hydrogen) atoms. The van der Waals surface area contributed by atoms with E-state index in [0.29, 0.717) is 12.8 Å². The summed E-state index contributed by atoms with van der Waals surface area (Å²) in [6.07, 6.45) is 6.81. The maximum atomic E-state index is 12.4. The third-order valence-corrected chi connectivity index (χ3v) is 3.56. The molecular formula is C16H17N3O. The smallest absolute Gasteiger partial charge is 0.165 e. The van der Waals surface area contributed by atoms with Crippen molar-refractivity contribution in [3.05, 3.63) is 54.2 Å². The summed E-state index contributed by atoms with van der Waals surface area (Å²) in [6, 6.07) is 8.00. The van der Waals surface area contributed by atoms with Gasteiger partial charge in [-0.3, -0.25) is 4.79 Å². The van der Waals surface area contributed by atoms with Crippen LogP contribution in [0.5, 0.6) is 0 Å². The van der Waals surface area contributed by atoms with Crippen LogP contribution in [0.1, 0.15) is 22.5 Å². The molecule has 0 atom stereocenters. The van der Waals surface area contributed by atoms with Gasteiger partial charge in [0, 0.05) is 49.4 Å². The van der Waals surface area contributed by atoms with Crippen molar-refractivity contribution in [1.82, 2.24) is 14.1 Å². The van der Waals surface area contributed by atoms with Gasteiger partial charge in [-0.1, -0.05) is 18.2 Å². The zero-order valence-corrected chi connectivity index (χ0v) is 11.7. The van der Waals surface area contributed by atoms with Gasteiger partial charge in [0.25, 0.3) is 0 Å². The molecule has 102 valence electrons. The molecule has 0 aliphatic heterocycles. The second kappa shape index (κ2) is 4.96. The fourth-order valence-corrected chi connectivity index (χ4v) is 2.54. The number of Topliss-reactive ketones (excluding diaryl/α,β-unsaturated/α-hetero) is 1. The number of nitrogens with zero attached hydrogens (tertiary/aromatic N) is 3. The molecule has 1 aromatic carbocycles. The maximum Gasteiger partial charge on any atom is 0.165 e. The van der Waals surface area contributed by atoms with Crippen LogP contribution in [-0.4, -0.2) is 19.9 Å². The molecule has 0 aliphatic rings. The lowest BCUT2D eigenvalue weighted by Gasteiger charge is -1.98. The Labute approximate surface area is 117 Å². The van der Waals surface area contributed by atoms with Crippen molar-refractivity contribution in [2.24, 2.45) is 14.1 Å². The lowest BCUT2D eigenvalue weighted by atomic mass is 10.0. The highest BCUT2D eigenvalue weighted by Crippen LogP contribution is 2.21. The molecule has 4 nitrogen and oxygen atoms in total. The van der Waals surface area contributed by atoms with E-state index < -0.39 is 0 Å². The Morgan fingerprint density at radius 2 is 2.00 bits per heavy atom. The molecule has 3 aromatic rings. The predicted octanol–water partition coefficient (Wildman–Crippen LogP) is 2.73. The summed E-state index contributed by atoms with van der Waals surface area (Å²) in [5.41, 5.74) is 2.86. The topological polar surface area (TPSA) is 39.8 Å². The van der Waals surface area contributed by atoms with Crippen molar-refractivity contribution < 1.29 is 4.79 Å². The number of para-hydroxylation sites is 1. The highest BCUT2D eigenvalue weighted by Gasteiger charge is 2.13. The normalized spacial score (nSPS) is 11.1. The van der Waals surface area contributed by atoms with Crippen molar-refractivity contribution >= 4 is 16.7 Å². The summed E-state index contributed by atoms with van der Waals surface area (Å²) in [6.45, 7) is 0. The molecule has 4 heteroatoms. The number of imidazole rings is 1. The predicted molar refractivity (Wildman–Crippen MR) is 78.8 cm³/mol. The SMILES string of the molecule is Cn1cnc(CCC(=O)c2cn(C)c3ccccc23)c1. The van der Waals surface area contributed by atoms with E-state index in [1.165, 1.54) is 0 Å². The van der Waals surface area contributed by atoms with Crippen LogP contribution in [0, 0.1) is 0 Å². The number of ketones is 1. The number of aryl methyl sites for hydroxylation is 3. The van der Waals surface area contributed by atoms with Gasteiger partial charge in [0.1, 0.15) is 0 Å². The number of hydrogen-bond donors (Lipinski definition) is 0. The lowest BCUT2D eigenvalue weighted by Crippen LogP contribution is -2.00. The van der Waals surface area contributed by atoms with E-state index in [1.54, 1.807) is 6.33 Å². The summed E-state index contributed by atoms with van der Waals surface area (Å²) in [7, 11) is 3.90. The number of benzene rings is 1. The van der Waals surface area contributed by atoms with Gasteiger partial charge in [0.2, 0.25) is 0 Å². The zero-order valence-electron chi connectivity index (χ0n) is 11.7. The molecule has 2 heterocycles. The van der Waals surface area contributed by atoms with Gasteiger partial charge in [-0.25, -0.2) is 4.98 Å². The fourth-order valence-electron chi connectivity index (χ4n) is 2.54. The van der Waals surface area contributed by atoms with Crippen LogP contribution in [0.3, 0.4) is 0 Å². The number of hydrogen-bond acceptors (Lipinski definition) is 2. The van der Waals surface area contributed by atoms with Gasteiger partial charge >= 0.3 is 0 Å². The number of fused-ring (bicyclic) bond motifs is 1. The van der Waals surface area contributed by atoms with Crippen LogP contribution in [0.2, 0.25) is 0 Å². The Hall–Kier alpha value is -2.36. The summed E-state index contributed by atoms with van der Waals surface area (Å²) in [5.74, 6) is 0.174. The molecular weight excluding hydrogens is 250 g/mol. The van der Waals surface area contributed by atoms with E-state index >= 15 is 0 Å². The molecule has 0 unspecified atom stereocenters. The minimum Gasteiger partial charge on any atom is -0.350 e. The van der Waals surface area contributed by atoms with Crippen molar-refractivity contribution in [3.63, 3.8) is 0 Å². The molecule has 0 saturated heterocycles. The first kappa shape index (κ1) is 12.7. The molecule has 0 amide bonds. The first-order valence-corrected chi connectivity index (χ1v) is 6.69. The maximum absolute atomic E-state index is 12.4. The van der Waals surface area contributed by atoms with Gasteiger partial charge in [-0.15, -0.1) is 0 Å². The van der Waals surface area contributed by atoms with Gasteiger partial charge in [-0.05, 0) is 12.5 Å². The average molecular weight is 267 g/mol. The first-order valence-electron chi connectivity index (χ1n) is 6.69. The standard InChI is InChI=1S/C16H17N3O/c1-18-9-12(17-11-18)7-8-16(20)14-10-19(2)15-6-4-3-5-13(14)15/h3-6,9-11H,7-8H2,1-2H3. The fraction of sp³-hybridized carbons (Fsp3) is 0.250. The van der Waals surface area contributed by atoms with Crippen LogP contribution < -0.4 is 0 Å². The van der Waals surface area contributed by atoms with E-state index in [0.717, 1.165) is 22.2 Å². The quantitative estimate of drug-likeness (QED) is 0.682. The summed E-state index contributed by atoms with van der Waals surface area (Å²) >= 11 is 0. The molecule has 0 N–H and O–H groups in total. The van der Waals surface area contributed by atoms with E-state index in [1.807, 2.05) is 59.9 Å².